The molecule has 0 unspecified atom stereocenters. The molecular weight excluding hydrogens is 242 g/mol. The van der Waals surface area contributed by atoms with E-state index in [2.05, 4.69) is 12.2 Å². The van der Waals surface area contributed by atoms with Gasteiger partial charge in [0.1, 0.15) is 0 Å². The van der Waals surface area contributed by atoms with Crippen molar-refractivity contribution >= 4 is 11.9 Å². The third kappa shape index (κ3) is 4.73. The molecule has 1 amide bonds. The Kier molecular flexibility index (Phi) is 5.10. The number of carbonyl (C=O) groups is 2. The largest absolute Gasteiger partial charge is 0.481 e. The summed E-state index contributed by atoms with van der Waals surface area (Å²) in [5, 5.41) is 11.7. The van der Waals surface area contributed by atoms with Gasteiger partial charge in [-0.1, -0.05) is 31.2 Å². The number of nitrogens with one attached hydrogen (secondary N) is 1. The lowest BCUT2D eigenvalue weighted by Crippen LogP contribution is -2.33. The fourth-order valence-electron chi connectivity index (χ4n) is 1.63. The number of rotatable bonds is 6. The number of aryl methyl sites for hydroxylation is 1. The maximum Gasteiger partial charge on any atom is 0.309 e. The van der Waals surface area contributed by atoms with Gasteiger partial charge in [-0.15, -0.1) is 0 Å². The van der Waals surface area contributed by atoms with Gasteiger partial charge >= 0.3 is 5.97 Å². The van der Waals surface area contributed by atoms with Gasteiger partial charge in [0.25, 0.3) is 0 Å². The van der Waals surface area contributed by atoms with E-state index in [1.54, 1.807) is 13.8 Å². The molecule has 1 aromatic carbocycles. The Morgan fingerprint density at radius 1 is 1.16 bits per heavy atom. The third-order valence-corrected chi connectivity index (χ3v) is 3.10. The van der Waals surface area contributed by atoms with Gasteiger partial charge in [-0.25, -0.2) is 0 Å². The Morgan fingerprint density at radius 3 is 2.16 bits per heavy atom. The van der Waals surface area contributed by atoms with Gasteiger partial charge in [0.2, 0.25) is 5.91 Å². The quantitative estimate of drug-likeness (QED) is 0.828. The molecule has 0 aliphatic carbocycles. The zero-order valence-corrected chi connectivity index (χ0v) is 11.7. The van der Waals surface area contributed by atoms with Crippen LogP contribution in [0.2, 0.25) is 0 Å². The highest BCUT2D eigenvalue weighted by Crippen LogP contribution is 2.20. The van der Waals surface area contributed by atoms with Crippen molar-refractivity contribution < 1.29 is 14.7 Å². The molecule has 0 aliphatic rings. The van der Waals surface area contributed by atoms with Gasteiger partial charge in [-0.2, -0.15) is 0 Å². The molecule has 0 aromatic heterocycles. The average Bonchev–Trinajstić information content (AvgIpc) is 2.36. The summed E-state index contributed by atoms with van der Waals surface area (Å²) in [6, 6.07) is 8.01. The van der Waals surface area contributed by atoms with Crippen LogP contribution in [0.3, 0.4) is 0 Å². The minimum atomic E-state index is -1.03. The second-order valence-corrected chi connectivity index (χ2v) is 5.31. The highest BCUT2D eigenvalue weighted by atomic mass is 16.4. The van der Waals surface area contributed by atoms with Crippen LogP contribution < -0.4 is 5.32 Å². The zero-order valence-electron chi connectivity index (χ0n) is 11.7. The monoisotopic (exact) mass is 263 g/mol. The van der Waals surface area contributed by atoms with Gasteiger partial charge in [-0.3, -0.25) is 9.59 Å². The van der Waals surface area contributed by atoms with Crippen molar-refractivity contribution in [3.63, 3.8) is 0 Å². The van der Waals surface area contributed by atoms with E-state index in [4.69, 9.17) is 5.11 Å². The minimum Gasteiger partial charge on any atom is -0.481 e. The topological polar surface area (TPSA) is 66.4 Å². The molecule has 4 nitrogen and oxygen atoms in total. The molecule has 1 aromatic rings. The van der Waals surface area contributed by atoms with Crippen molar-refractivity contribution in [1.29, 1.82) is 0 Å². The molecule has 0 spiro atoms. The van der Waals surface area contributed by atoms with Gasteiger partial charge in [0.15, 0.2) is 0 Å². The summed E-state index contributed by atoms with van der Waals surface area (Å²) in [5.41, 5.74) is 1.23. The Hall–Kier alpha value is -1.84. The average molecular weight is 263 g/mol. The van der Waals surface area contributed by atoms with Crippen molar-refractivity contribution in [3.05, 3.63) is 35.4 Å². The Morgan fingerprint density at radius 2 is 1.68 bits per heavy atom. The van der Waals surface area contributed by atoms with Crippen molar-refractivity contribution in [2.45, 2.75) is 40.2 Å². The maximum atomic E-state index is 11.7. The van der Waals surface area contributed by atoms with Crippen molar-refractivity contribution in [1.82, 2.24) is 5.32 Å². The van der Waals surface area contributed by atoms with Crippen LogP contribution in [-0.4, -0.2) is 17.0 Å². The first kappa shape index (κ1) is 15.2. The molecule has 1 rings (SSSR count). The molecule has 0 fully saturated rings. The summed E-state index contributed by atoms with van der Waals surface area (Å²) < 4.78 is 0. The summed E-state index contributed by atoms with van der Waals surface area (Å²) in [7, 11) is 0. The summed E-state index contributed by atoms with van der Waals surface area (Å²) in [6.07, 6.45) is 0.967. The molecule has 104 valence electrons. The first-order chi connectivity index (χ1) is 8.85. The fourth-order valence-corrected chi connectivity index (χ4v) is 1.63. The van der Waals surface area contributed by atoms with Crippen molar-refractivity contribution in [2.24, 2.45) is 5.41 Å². The number of carbonyl (C=O) groups excluding carboxylic acids is 1. The Balaban J connectivity index is 2.48. The second-order valence-electron chi connectivity index (χ2n) is 5.31. The molecule has 0 bridgehead atoms. The number of aliphatic carboxylic acids is 1. The van der Waals surface area contributed by atoms with E-state index in [-0.39, 0.29) is 12.3 Å². The molecule has 0 aliphatic heterocycles. The van der Waals surface area contributed by atoms with Crippen LogP contribution in [0.5, 0.6) is 0 Å². The number of hydrogen-bond acceptors (Lipinski definition) is 2. The van der Waals surface area contributed by atoms with Crippen LogP contribution in [0.1, 0.15) is 38.3 Å². The summed E-state index contributed by atoms with van der Waals surface area (Å²) in [5.74, 6) is -1.21. The van der Waals surface area contributed by atoms with Gasteiger partial charge in [-0.05, 0) is 31.4 Å². The van der Waals surface area contributed by atoms with Gasteiger partial charge < -0.3 is 10.4 Å². The van der Waals surface area contributed by atoms with Crippen LogP contribution in [0.15, 0.2) is 24.3 Å². The standard InChI is InChI=1S/C15H21NO3/c1-4-11-5-7-12(8-6-11)10-16-13(17)9-15(2,3)14(18)19/h5-8H,4,9-10H2,1-3H3,(H,16,17)(H,18,19). The predicted octanol–water partition coefficient (Wildman–Crippen LogP) is 2.37. The van der Waals surface area contributed by atoms with Crippen LogP contribution in [0.4, 0.5) is 0 Å². The second kappa shape index (κ2) is 6.36. The molecule has 0 heterocycles. The summed E-state index contributed by atoms with van der Waals surface area (Å²) >= 11 is 0. The van der Waals surface area contributed by atoms with Gasteiger partial charge in [0.05, 0.1) is 5.41 Å². The van der Waals surface area contributed by atoms with E-state index in [0.29, 0.717) is 6.54 Å². The number of carboxylic acid groups (broad SMARTS) is 1. The molecular formula is C15H21NO3. The smallest absolute Gasteiger partial charge is 0.309 e. The van der Waals surface area contributed by atoms with E-state index < -0.39 is 11.4 Å². The number of amides is 1. The number of benzene rings is 1. The maximum absolute atomic E-state index is 11.7. The zero-order chi connectivity index (χ0) is 14.5. The lowest BCUT2D eigenvalue weighted by Gasteiger charge is -2.18. The first-order valence-corrected chi connectivity index (χ1v) is 6.43. The molecule has 0 atom stereocenters. The lowest BCUT2D eigenvalue weighted by atomic mass is 9.89. The Bertz CT molecular complexity index is 449. The van der Waals surface area contributed by atoms with Crippen LogP contribution in [0, 0.1) is 5.41 Å². The number of carboxylic acids is 1. The fraction of sp³-hybridized carbons (Fsp3) is 0.467. The third-order valence-electron chi connectivity index (χ3n) is 3.10. The molecule has 4 heteroatoms. The van der Waals surface area contributed by atoms with Crippen molar-refractivity contribution in [3.8, 4) is 0 Å². The normalized spacial score (nSPS) is 11.1. The molecule has 0 saturated heterocycles. The van der Waals surface area contributed by atoms with Crippen LogP contribution >= 0.6 is 0 Å². The highest BCUT2D eigenvalue weighted by Gasteiger charge is 2.29. The van der Waals surface area contributed by atoms with Crippen LogP contribution in [0.25, 0.3) is 0 Å². The molecule has 19 heavy (non-hydrogen) atoms. The summed E-state index contributed by atoms with van der Waals surface area (Å²) in [6.45, 7) is 5.61. The Labute approximate surface area is 113 Å². The molecule has 0 radical (unpaired) electrons. The van der Waals surface area contributed by atoms with E-state index in [1.165, 1.54) is 5.56 Å². The van der Waals surface area contributed by atoms with Crippen LogP contribution in [-0.2, 0) is 22.6 Å². The van der Waals surface area contributed by atoms with Gasteiger partial charge in [0, 0.05) is 13.0 Å². The molecule has 0 saturated carbocycles. The SMILES string of the molecule is CCc1ccc(CNC(=O)CC(C)(C)C(=O)O)cc1. The van der Waals surface area contributed by atoms with E-state index in [9.17, 15) is 9.59 Å². The molecule has 2 N–H and O–H groups in total. The number of hydrogen-bond donors (Lipinski definition) is 2. The van der Waals surface area contributed by atoms with E-state index in [0.717, 1.165) is 12.0 Å². The highest BCUT2D eigenvalue weighted by molar-refractivity contribution is 5.84. The minimum absolute atomic E-state index is 0.0185. The lowest BCUT2D eigenvalue weighted by molar-refractivity contribution is -0.149. The first-order valence-electron chi connectivity index (χ1n) is 6.43. The van der Waals surface area contributed by atoms with E-state index >= 15 is 0 Å². The van der Waals surface area contributed by atoms with Crippen molar-refractivity contribution in [2.75, 3.05) is 0 Å². The summed E-state index contributed by atoms with van der Waals surface area (Å²) in [4.78, 5) is 22.6. The van der Waals surface area contributed by atoms with E-state index in [1.807, 2.05) is 24.3 Å². The predicted molar refractivity (Wildman–Crippen MR) is 73.7 cm³/mol.